The number of furan rings is 1. The Bertz CT molecular complexity index is 570. The summed E-state index contributed by atoms with van der Waals surface area (Å²) in [7, 11) is 0. The predicted molar refractivity (Wildman–Crippen MR) is 89.2 cm³/mol. The summed E-state index contributed by atoms with van der Waals surface area (Å²) in [4.78, 5) is 0. The third kappa shape index (κ3) is 8.04. The summed E-state index contributed by atoms with van der Waals surface area (Å²) in [5.41, 5.74) is 0. The van der Waals surface area contributed by atoms with Crippen LogP contribution in [0, 0.1) is 0 Å². The molecule has 0 unspecified atom stereocenters. The van der Waals surface area contributed by atoms with Crippen LogP contribution in [0.25, 0.3) is 0 Å². The standard InChI is InChI=1S/C7H10O.C6H9NO.C5H7NO/c1-2-4-7-5-3-6-8-7;1-5(2)6-3-4-7-8-6;1-2-5-3-4-6-7-5/h3,5-6H,2,4H2,1H3;3-5H,1-2H3;3-4H,2H2,1H3. The first kappa shape index (κ1) is 18.7. The van der Waals surface area contributed by atoms with Gasteiger partial charge in [0.2, 0.25) is 0 Å². The second kappa shape index (κ2) is 11.3. The molecule has 0 bridgehead atoms. The Hall–Kier alpha value is -2.30. The fourth-order valence-electron chi connectivity index (χ4n) is 1.65. The lowest BCUT2D eigenvalue weighted by atomic mass is 10.2. The largest absolute Gasteiger partial charge is 0.469 e. The van der Waals surface area contributed by atoms with Gasteiger partial charge in [0.15, 0.2) is 0 Å². The van der Waals surface area contributed by atoms with Crippen molar-refractivity contribution in [3.63, 3.8) is 0 Å². The van der Waals surface area contributed by atoms with Crippen molar-refractivity contribution in [1.29, 1.82) is 0 Å². The summed E-state index contributed by atoms with van der Waals surface area (Å²) in [6.07, 6.45) is 8.18. The highest BCUT2D eigenvalue weighted by molar-refractivity contribution is 4.98. The first-order chi connectivity index (χ1) is 11.2. The van der Waals surface area contributed by atoms with Crippen molar-refractivity contribution in [3.05, 3.63) is 60.2 Å². The van der Waals surface area contributed by atoms with Gasteiger partial charge in [-0.15, -0.1) is 0 Å². The number of aryl methyl sites for hydroxylation is 2. The summed E-state index contributed by atoms with van der Waals surface area (Å²) in [6.45, 7) is 8.31. The zero-order valence-electron chi connectivity index (χ0n) is 14.4. The number of aromatic nitrogens is 2. The lowest BCUT2D eigenvalue weighted by molar-refractivity contribution is 0.371. The van der Waals surface area contributed by atoms with Crippen LogP contribution in [0.5, 0.6) is 0 Å². The van der Waals surface area contributed by atoms with Crippen LogP contribution in [0.15, 0.2) is 56.4 Å². The molecule has 0 amide bonds. The van der Waals surface area contributed by atoms with Gasteiger partial charge in [-0.3, -0.25) is 0 Å². The molecule has 3 heterocycles. The molecule has 3 aromatic rings. The van der Waals surface area contributed by atoms with E-state index < -0.39 is 0 Å². The van der Waals surface area contributed by atoms with Crippen molar-refractivity contribution in [1.82, 2.24) is 10.3 Å². The van der Waals surface area contributed by atoms with Crippen molar-refractivity contribution >= 4 is 0 Å². The lowest BCUT2D eigenvalue weighted by Gasteiger charge is -1.92. The van der Waals surface area contributed by atoms with Gasteiger partial charge in [0, 0.05) is 30.9 Å². The van der Waals surface area contributed by atoms with Crippen LogP contribution in [-0.4, -0.2) is 10.3 Å². The van der Waals surface area contributed by atoms with Crippen molar-refractivity contribution in [2.24, 2.45) is 0 Å². The van der Waals surface area contributed by atoms with Crippen LogP contribution in [0.3, 0.4) is 0 Å². The minimum absolute atomic E-state index is 0.456. The van der Waals surface area contributed by atoms with Gasteiger partial charge >= 0.3 is 0 Å². The molecule has 0 spiro atoms. The summed E-state index contributed by atoms with van der Waals surface area (Å²) < 4.78 is 14.7. The number of nitrogens with zero attached hydrogens (tertiary/aromatic N) is 2. The van der Waals surface area contributed by atoms with Gasteiger partial charge in [0.25, 0.3) is 0 Å². The molecule has 0 aliphatic rings. The number of hydrogen-bond donors (Lipinski definition) is 0. The van der Waals surface area contributed by atoms with E-state index in [4.69, 9.17) is 13.5 Å². The minimum atomic E-state index is 0.456. The fourth-order valence-corrected chi connectivity index (χ4v) is 1.65. The molecule has 23 heavy (non-hydrogen) atoms. The summed E-state index contributed by atoms with van der Waals surface area (Å²) in [5.74, 6) is 3.44. The molecular formula is C18H26N2O3. The Morgan fingerprint density at radius 3 is 2.04 bits per heavy atom. The Kier molecular flexibility index (Phi) is 9.20. The van der Waals surface area contributed by atoms with E-state index >= 15 is 0 Å². The second-order valence-electron chi connectivity index (χ2n) is 5.23. The summed E-state index contributed by atoms with van der Waals surface area (Å²) in [5, 5.41) is 7.09. The van der Waals surface area contributed by atoms with Gasteiger partial charge in [-0.2, -0.15) is 0 Å². The van der Waals surface area contributed by atoms with Crippen molar-refractivity contribution in [2.45, 2.75) is 52.9 Å². The highest BCUT2D eigenvalue weighted by Crippen LogP contribution is 2.10. The molecule has 3 aromatic heterocycles. The Morgan fingerprint density at radius 2 is 1.70 bits per heavy atom. The Labute approximate surface area is 137 Å². The highest BCUT2D eigenvalue weighted by atomic mass is 16.5. The van der Waals surface area contributed by atoms with E-state index in [1.165, 1.54) is 0 Å². The average molecular weight is 318 g/mol. The maximum atomic E-state index is 5.07. The molecule has 5 heteroatoms. The molecule has 0 saturated heterocycles. The van der Waals surface area contributed by atoms with Crippen LogP contribution >= 0.6 is 0 Å². The van der Waals surface area contributed by atoms with Gasteiger partial charge in [0.1, 0.15) is 17.3 Å². The maximum Gasteiger partial charge on any atom is 0.139 e. The van der Waals surface area contributed by atoms with Crippen LogP contribution in [0.2, 0.25) is 0 Å². The second-order valence-corrected chi connectivity index (χ2v) is 5.23. The van der Waals surface area contributed by atoms with Gasteiger partial charge in [-0.25, -0.2) is 0 Å². The molecule has 0 aliphatic heterocycles. The highest BCUT2D eigenvalue weighted by Gasteiger charge is 1.99. The normalized spacial score (nSPS) is 9.78. The van der Waals surface area contributed by atoms with Crippen molar-refractivity contribution in [2.75, 3.05) is 0 Å². The average Bonchev–Trinajstić information content (AvgIpc) is 3.31. The van der Waals surface area contributed by atoms with Gasteiger partial charge < -0.3 is 13.5 Å². The molecule has 0 radical (unpaired) electrons. The Balaban J connectivity index is 0.000000173. The van der Waals surface area contributed by atoms with Crippen molar-refractivity contribution in [3.8, 4) is 0 Å². The molecule has 0 aliphatic carbocycles. The molecule has 5 nitrogen and oxygen atoms in total. The van der Waals surface area contributed by atoms with E-state index in [9.17, 15) is 0 Å². The number of hydrogen-bond acceptors (Lipinski definition) is 5. The molecule has 0 aromatic carbocycles. The van der Waals surface area contributed by atoms with E-state index in [-0.39, 0.29) is 0 Å². The van der Waals surface area contributed by atoms with Gasteiger partial charge in [0.05, 0.1) is 18.7 Å². The Morgan fingerprint density at radius 1 is 0.957 bits per heavy atom. The van der Waals surface area contributed by atoms with Crippen LogP contribution in [0.1, 0.15) is 57.3 Å². The molecule has 0 saturated carbocycles. The van der Waals surface area contributed by atoms with E-state index in [2.05, 4.69) is 31.1 Å². The van der Waals surface area contributed by atoms with Crippen LogP contribution < -0.4 is 0 Å². The molecule has 0 N–H and O–H groups in total. The van der Waals surface area contributed by atoms with Gasteiger partial charge in [-0.05, 0) is 18.6 Å². The maximum absolute atomic E-state index is 5.07. The zero-order chi connectivity index (χ0) is 16.9. The van der Waals surface area contributed by atoms with Gasteiger partial charge in [-0.1, -0.05) is 38.0 Å². The summed E-state index contributed by atoms with van der Waals surface area (Å²) >= 11 is 0. The van der Waals surface area contributed by atoms with Crippen molar-refractivity contribution < 1.29 is 13.5 Å². The zero-order valence-corrected chi connectivity index (χ0v) is 14.4. The quantitative estimate of drug-likeness (QED) is 0.656. The molecule has 126 valence electrons. The molecule has 0 fully saturated rings. The monoisotopic (exact) mass is 318 g/mol. The molecule has 3 rings (SSSR count). The third-order valence-electron chi connectivity index (χ3n) is 2.94. The van der Waals surface area contributed by atoms with E-state index in [0.29, 0.717) is 5.92 Å². The molecular weight excluding hydrogens is 292 g/mol. The first-order valence-electron chi connectivity index (χ1n) is 7.99. The molecule has 0 atom stereocenters. The minimum Gasteiger partial charge on any atom is -0.469 e. The fraction of sp³-hybridized carbons (Fsp3) is 0.444. The number of rotatable bonds is 4. The first-order valence-corrected chi connectivity index (χ1v) is 7.99. The van der Waals surface area contributed by atoms with Crippen LogP contribution in [-0.2, 0) is 12.8 Å². The third-order valence-corrected chi connectivity index (χ3v) is 2.94. The summed E-state index contributed by atoms with van der Waals surface area (Å²) in [6, 6.07) is 7.67. The smallest absolute Gasteiger partial charge is 0.139 e. The van der Waals surface area contributed by atoms with E-state index in [1.807, 2.05) is 31.2 Å². The SMILES string of the molecule is CC(C)c1ccno1.CCCc1ccco1.CCc1ccno1. The van der Waals surface area contributed by atoms with E-state index in [1.54, 1.807) is 18.7 Å². The lowest BCUT2D eigenvalue weighted by Crippen LogP contribution is -1.79. The topological polar surface area (TPSA) is 65.2 Å². The van der Waals surface area contributed by atoms with E-state index in [0.717, 1.165) is 36.5 Å². The van der Waals surface area contributed by atoms with Crippen LogP contribution in [0.4, 0.5) is 0 Å². The predicted octanol–water partition coefficient (Wildman–Crippen LogP) is 5.27.